The maximum absolute atomic E-state index is 12.8. The molecule has 2 heterocycles. The van der Waals surface area contributed by atoms with E-state index in [1.165, 1.54) is 15.9 Å². The molecule has 0 aliphatic rings. The second-order valence-corrected chi connectivity index (χ2v) is 5.89. The van der Waals surface area contributed by atoms with Crippen molar-refractivity contribution in [2.75, 3.05) is 6.61 Å². The highest BCUT2D eigenvalue weighted by Gasteiger charge is 2.24. The number of aromatic nitrogens is 1. The number of thiophene rings is 1. The highest BCUT2D eigenvalue weighted by atomic mass is 35.5. The van der Waals surface area contributed by atoms with Crippen molar-refractivity contribution in [3.63, 3.8) is 0 Å². The Morgan fingerprint density at radius 1 is 1.45 bits per heavy atom. The number of halogens is 1. The fraction of sp³-hybridized carbons (Fsp3) is 0.125. The van der Waals surface area contributed by atoms with Crippen LogP contribution in [0.4, 0.5) is 0 Å². The highest BCUT2D eigenvalue weighted by Crippen LogP contribution is 2.34. The zero-order chi connectivity index (χ0) is 15.7. The molecule has 0 bridgehead atoms. The molecule has 1 aromatic carbocycles. The summed E-state index contributed by atoms with van der Waals surface area (Å²) in [5.74, 6) is 0.0490. The minimum absolute atomic E-state index is 0.215. The van der Waals surface area contributed by atoms with Gasteiger partial charge in [-0.1, -0.05) is 17.7 Å². The molecule has 6 heteroatoms. The SMILES string of the molecule is CCOc1c(C#N)c2cc(Cl)ccc2n1C(=O)c1cccs1. The summed E-state index contributed by atoms with van der Waals surface area (Å²) in [6.45, 7) is 2.17. The quantitative estimate of drug-likeness (QED) is 0.718. The number of hydrogen-bond donors (Lipinski definition) is 0. The van der Waals surface area contributed by atoms with Crippen LogP contribution in [0.25, 0.3) is 10.9 Å². The van der Waals surface area contributed by atoms with Gasteiger partial charge in [0.1, 0.15) is 11.6 Å². The van der Waals surface area contributed by atoms with Crippen LogP contribution < -0.4 is 4.74 Å². The predicted molar refractivity (Wildman–Crippen MR) is 86.9 cm³/mol. The number of nitrogens with zero attached hydrogens (tertiary/aromatic N) is 2. The van der Waals surface area contributed by atoms with Crippen molar-refractivity contribution < 1.29 is 9.53 Å². The van der Waals surface area contributed by atoms with Crippen LogP contribution in [-0.2, 0) is 0 Å². The van der Waals surface area contributed by atoms with E-state index in [9.17, 15) is 10.1 Å². The van der Waals surface area contributed by atoms with Gasteiger partial charge in [0.2, 0.25) is 5.88 Å². The number of nitriles is 1. The number of fused-ring (bicyclic) bond motifs is 1. The van der Waals surface area contributed by atoms with E-state index in [1.807, 2.05) is 18.4 Å². The Morgan fingerprint density at radius 3 is 2.91 bits per heavy atom. The Balaban J connectivity index is 2.34. The third-order valence-corrected chi connectivity index (χ3v) is 4.31. The van der Waals surface area contributed by atoms with Gasteiger partial charge in [-0.2, -0.15) is 5.26 Å². The molecule has 110 valence electrons. The maximum Gasteiger partial charge on any atom is 0.275 e. The molecule has 0 saturated carbocycles. The van der Waals surface area contributed by atoms with Crippen LogP contribution >= 0.6 is 22.9 Å². The lowest BCUT2D eigenvalue weighted by atomic mass is 10.2. The first-order valence-electron chi connectivity index (χ1n) is 6.62. The molecule has 0 radical (unpaired) electrons. The fourth-order valence-corrected chi connectivity index (χ4v) is 3.16. The van der Waals surface area contributed by atoms with Crippen LogP contribution in [0, 0.1) is 11.3 Å². The van der Waals surface area contributed by atoms with E-state index >= 15 is 0 Å². The minimum atomic E-state index is -0.215. The molecular formula is C16H11ClN2O2S. The van der Waals surface area contributed by atoms with Crippen LogP contribution in [0.5, 0.6) is 5.88 Å². The average Bonchev–Trinajstić information content (AvgIpc) is 3.12. The van der Waals surface area contributed by atoms with Crippen LogP contribution in [-0.4, -0.2) is 17.1 Å². The van der Waals surface area contributed by atoms with Gasteiger partial charge in [0.25, 0.3) is 5.91 Å². The Morgan fingerprint density at radius 2 is 2.27 bits per heavy atom. The van der Waals surface area contributed by atoms with E-state index < -0.39 is 0 Å². The normalized spacial score (nSPS) is 10.6. The summed E-state index contributed by atoms with van der Waals surface area (Å²) in [4.78, 5) is 13.4. The second kappa shape index (κ2) is 5.84. The Kier molecular flexibility index (Phi) is 3.88. The van der Waals surface area contributed by atoms with E-state index in [2.05, 4.69) is 6.07 Å². The molecule has 3 aromatic rings. The van der Waals surface area contributed by atoms with Crippen molar-refractivity contribution >= 4 is 39.7 Å². The molecule has 0 aliphatic heterocycles. The van der Waals surface area contributed by atoms with Gasteiger partial charge in [-0.15, -0.1) is 11.3 Å². The summed E-state index contributed by atoms with van der Waals surface area (Å²) in [6.07, 6.45) is 0. The van der Waals surface area contributed by atoms with Crippen molar-refractivity contribution in [2.45, 2.75) is 6.92 Å². The van der Waals surface area contributed by atoms with Crippen molar-refractivity contribution in [2.24, 2.45) is 0 Å². The van der Waals surface area contributed by atoms with Gasteiger partial charge in [0, 0.05) is 10.4 Å². The summed E-state index contributed by atoms with van der Waals surface area (Å²) in [5.41, 5.74) is 0.937. The standard InChI is InChI=1S/C16H11ClN2O2S/c1-2-21-16-12(9-18)11-8-10(17)5-6-13(11)19(16)15(20)14-4-3-7-22-14/h3-8H,2H2,1H3. The number of carbonyl (C=O) groups is 1. The Labute approximate surface area is 136 Å². The second-order valence-electron chi connectivity index (χ2n) is 4.50. The molecule has 0 fully saturated rings. The number of benzene rings is 1. The molecule has 3 rings (SSSR count). The molecule has 0 saturated heterocycles. The van der Waals surface area contributed by atoms with E-state index in [0.29, 0.717) is 33.0 Å². The molecular weight excluding hydrogens is 320 g/mol. The molecule has 2 aromatic heterocycles. The Bertz CT molecular complexity index is 891. The molecule has 22 heavy (non-hydrogen) atoms. The Hall–Kier alpha value is -2.29. The first-order valence-corrected chi connectivity index (χ1v) is 7.88. The lowest BCUT2D eigenvalue weighted by Crippen LogP contribution is -2.13. The van der Waals surface area contributed by atoms with Crippen LogP contribution in [0.3, 0.4) is 0 Å². The minimum Gasteiger partial charge on any atom is -0.478 e. The van der Waals surface area contributed by atoms with E-state index in [1.54, 1.807) is 24.3 Å². The van der Waals surface area contributed by atoms with Gasteiger partial charge < -0.3 is 4.74 Å². The molecule has 0 spiro atoms. The van der Waals surface area contributed by atoms with E-state index in [-0.39, 0.29) is 11.8 Å². The van der Waals surface area contributed by atoms with Crippen LogP contribution in [0.15, 0.2) is 35.7 Å². The topological polar surface area (TPSA) is 55.0 Å². The lowest BCUT2D eigenvalue weighted by Gasteiger charge is -2.08. The first-order chi connectivity index (χ1) is 10.7. The van der Waals surface area contributed by atoms with Gasteiger partial charge in [-0.3, -0.25) is 4.79 Å². The molecule has 4 nitrogen and oxygen atoms in total. The third-order valence-electron chi connectivity index (χ3n) is 3.21. The zero-order valence-corrected chi connectivity index (χ0v) is 13.2. The highest BCUT2D eigenvalue weighted by molar-refractivity contribution is 7.12. The molecule has 0 atom stereocenters. The summed E-state index contributed by atoms with van der Waals surface area (Å²) >= 11 is 7.37. The average molecular weight is 331 g/mol. The van der Waals surface area contributed by atoms with Crippen molar-refractivity contribution in [3.8, 4) is 11.9 Å². The van der Waals surface area contributed by atoms with Crippen molar-refractivity contribution in [1.29, 1.82) is 5.26 Å². The molecule has 0 N–H and O–H groups in total. The van der Waals surface area contributed by atoms with Gasteiger partial charge in [-0.05, 0) is 36.6 Å². The monoisotopic (exact) mass is 330 g/mol. The summed E-state index contributed by atoms with van der Waals surface area (Å²) < 4.78 is 7.03. The largest absolute Gasteiger partial charge is 0.478 e. The third kappa shape index (κ3) is 2.27. The zero-order valence-electron chi connectivity index (χ0n) is 11.7. The maximum atomic E-state index is 12.8. The van der Waals surface area contributed by atoms with Gasteiger partial charge in [0.05, 0.1) is 17.0 Å². The van der Waals surface area contributed by atoms with E-state index in [4.69, 9.17) is 16.3 Å². The van der Waals surface area contributed by atoms with Gasteiger partial charge in [0.15, 0.2) is 0 Å². The smallest absolute Gasteiger partial charge is 0.275 e. The number of hydrogen-bond acceptors (Lipinski definition) is 4. The summed E-state index contributed by atoms with van der Waals surface area (Å²) in [7, 11) is 0. The number of ether oxygens (including phenoxy) is 1. The summed E-state index contributed by atoms with van der Waals surface area (Å²) in [6, 6.07) is 10.8. The van der Waals surface area contributed by atoms with E-state index in [0.717, 1.165) is 0 Å². The molecule has 0 aliphatic carbocycles. The van der Waals surface area contributed by atoms with Crippen molar-refractivity contribution in [1.82, 2.24) is 4.57 Å². The number of rotatable bonds is 3. The van der Waals surface area contributed by atoms with Crippen molar-refractivity contribution in [3.05, 3.63) is 51.2 Å². The van der Waals surface area contributed by atoms with Gasteiger partial charge in [-0.25, -0.2) is 4.57 Å². The summed E-state index contributed by atoms with van der Waals surface area (Å²) in [5, 5.41) is 12.4. The predicted octanol–water partition coefficient (Wildman–Crippen LogP) is 4.32. The molecule has 0 unspecified atom stereocenters. The molecule has 0 amide bonds. The van der Waals surface area contributed by atoms with Crippen LogP contribution in [0.2, 0.25) is 5.02 Å². The van der Waals surface area contributed by atoms with Crippen LogP contribution in [0.1, 0.15) is 22.2 Å². The lowest BCUT2D eigenvalue weighted by molar-refractivity contribution is 0.0957. The fourth-order valence-electron chi connectivity index (χ4n) is 2.33. The van der Waals surface area contributed by atoms with Gasteiger partial charge >= 0.3 is 0 Å². The first kappa shape index (κ1) is 14.6. The number of carbonyl (C=O) groups excluding carboxylic acids is 1.